The summed E-state index contributed by atoms with van der Waals surface area (Å²) in [6.07, 6.45) is 2.09. The molecule has 2 aliphatic rings. The van der Waals surface area contributed by atoms with E-state index in [-0.39, 0.29) is 12.1 Å². The lowest BCUT2D eigenvalue weighted by Gasteiger charge is -2.22. The Bertz CT molecular complexity index is 610. The Kier molecular flexibility index (Phi) is 3.12. The highest BCUT2D eigenvalue weighted by Crippen LogP contribution is 2.39. The summed E-state index contributed by atoms with van der Waals surface area (Å²) in [5, 5.41) is 7.46. The van der Waals surface area contributed by atoms with Crippen LogP contribution in [0.15, 0.2) is 33.7 Å². The fourth-order valence-corrected chi connectivity index (χ4v) is 3.54. The molecule has 20 heavy (non-hydrogen) atoms. The van der Waals surface area contributed by atoms with Crippen LogP contribution in [0.5, 0.6) is 5.75 Å². The zero-order valence-electron chi connectivity index (χ0n) is 10.9. The van der Waals surface area contributed by atoms with Gasteiger partial charge in [-0.3, -0.25) is 0 Å². The van der Waals surface area contributed by atoms with Gasteiger partial charge in [-0.15, -0.1) is 11.8 Å². The summed E-state index contributed by atoms with van der Waals surface area (Å²) in [5.41, 5.74) is 0. The molecule has 2 aromatic rings. The molecule has 1 aromatic heterocycles. The highest BCUT2D eigenvalue weighted by atomic mass is 32.2. The Balaban J connectivity index is 1.54. The van der Waals surface area contributed by atoms with Gasteiger partial charge in [-0.2, -0.15) is 4.98 Å². The average molecular weight is 289 g/mol. The Hall–Kier alpha value is -1.53. The van der Waals surface area contributed by atoms with Crippen molar-refractivity contribution < 1.29 is 9.26 Å². The van der Waals surface area contributed by atoms with E-state index in [9.17, 15) is 0 Å². The summed E-state index contributed by atoms with van der Waals surface area (Å²) < 4.78 is 11.3. The molecule has 2 aliphatic heterocycles. The Morgan fingerprint density at radius 3 is 3.15 bits per heavy atom. The molecular formula is C14H15N3O2S. The van der Waals surface area contributed by atoms with Crippen LogP contribution in [0.3, 0.4) is 0 Å². The third-order valence-electron chi connectivity index (χ3n) is 3.61. The van der Waals surface area contributed by atoms with Gasteiger partial charge in [-0.05, 0) is 31.5 Å². The van der Waals surface area contributed by atoms with Gasteiger partial charge in [-0.25, -0.2) is 0 Å². The van der Waals surface area contributed by atoms with Crippen molar-refractivity contribution in [1.82, 2.24) is 15.5 Å². The van der Waals surface area contributed by atoms with E-state index in [1.807, 2.05) is 18.2 Å². The smallest absolute Gasteiger partial charge is 0.243 e. The lowest BCUT2D eigenvalue weighted by atomic mass is 10.2. The maximum Gasteiger partial charge on any atom is 0.243 e. The molecule has 1 fully saturated rings. The predicted molar refractivity (Wildman–Crippen MR) is 74.8 cm³/mol. The number of hydrogen-bond acceptors (Lipinski definition) is 6. The number of thioether (sulfide) groups is 1. The van der Waals surface area contributed by atoms with Crippen LogP contribution in [0, 0.1) is 0 Å². The molecule has 4 rings (SSSR count). The van der Waals surface area contributed by atoms with E-state index in [0.717, 1.165) is 30.9 Å². The molecule has 104 valence electrons. The lowest BCUT2D eigenvalue weighted by molar-refractivity contribution is 0.205. The number of para-hydroxylation sites is 1. The normalized spacial score (nSPS) is 25.2. The van der Waals surface area contributed by atoms with E-state index < -0.39 is 0 Å². The average Bonchev–Trinajstić information content (AvgIpc) is 3.17. The number of rotatable bonds is 2. The van der Waals surface area contributed by atoms with Gasteiger partial charge in [0.1, 0.15) is 5.75 Å². The van der Waals surface area contributed by atoms with E-state index in [1.165, 1.54) is 4.90 Å². The molecule has 5 nitrogen and oxygen atoms in total. The predicted octanol–water partition coefficient (Wildman–Crippen LogP) is 2.72. The number of ether oxygens (including phenoxy) is 1. The minimum absolute atomic E-state index is 0.131. The van der Waals surface area contributed by atoms with Crippen molar-refractivity contribution in [1.29, 1.82) is 0 Å². The lowest BCUT2D eigenvalue weighted by Crippen LogP contribution is -2.17. The SMILES string of the molecule is c1ccc2c(c1)OC(c1noc([C@@H]3CCCN3)n1)CS2. The van der Waals surface area contributed by atoms with Crippen LogP contribution in [-0.2, 0) is 0 Å². The third-order valence-corrected chi connectivity index (χ3v) is 4.73. The first-order chi connectivity index (χ1) is 9.90. The molecule has 0 bridgehead atoms. The Labute approximate surface area is 121 Å². The van der Waals surface area contributed by atoms with Crippen LogP contribution in [-0.4, -0.2) is 22.4 Å². The van der Waals surface area contributed by atoms with Crippen molar-refractivity contribution in [3.05, 3.63) is 36.0 Å². The summed E-state index contributed by atoms with van der Waals surface area (Å²) in [5.74, 6) is 3.05. The van der Waals surface area contributed by atoms with Crippen molar-refractivity contribution in [2.24, 2.45) is 0 Å². The number of nitrogens with one attached hydrogen (secondary N) is 1. The molecule has 0 aliphatic carbocycles. The largest absolute Gasteiger partial charge is 0.480 e. The van der Waals surface area contributed by atoms with Gasteiger partial charge >= 0.3 is 0 Å². The molecule has 0 spiro atoms. The first kappa shape index (κ1) is 12.2. The number of aromatic nitrogens is 2. The second-order valence-corrected chi connectivity index (χ2v) is 6.07. The second-order valence-electron chi connectivity index (χ2n) is 5.00. The van der Waals surface area contributed by atoms with E-state index in [1.54, 1.807) is 11.8 Å². The van der Waals surface area contributed by atoms with Crippen LogP contribution in [0.1, 0.15) is 36.7 Å². The summed E-state index contributed by atoms with van der Waals surface area (Å²) in [6.45, 7) is 1.02. The van der Waals surface area contributed by atoms with Crippen molar-refractivity contribution in [2.75, 3.05) is 12.3 Å². The van der Waals surface area contributed by atoms with Gasteiger partial charge < -0.3 is 14.6 Å². The van der Waals surface area contributed by atoms with Crippen LogP contribution in [0.2, 0.25) is 0 Å². The monoisotopic (exact) mass is 289 g/mol. The van der Waals surface area contributed by atoms with E-state index in [4.69, 9.17) is 9.26 Å². The maximum atomic E-state index is 5.97. The van der Waals surface area contributed by atoms with E-state index >= 15 is 0 Å². The molecule has 0 amide bonds. The zero-order valence-corrected chi connectivity index (χ0v) is 11.7. The van der Waals surface area contributed by atoms with Crippen LogP contribution >= 0.6 is 11.8 Å². The Morgan fingerprint density at radius 2 is 2.25 bits per heavy atom. The summed E-state index contributed by atoms with van der Waals surface area (Å²) >= 11 is 1.77. The molecule has 1 N–H and O–H groups in total. The first-order valence-electron chi connectivity index (χ1n) is 6.85. The van der Waals surface area contributed by atoms with E-state index in [0.29, 0.717) is 11.7 Å². The molecule has 1 unspecified atom stereocenters. The number of benzene rings is 1. The fourth-order valence-electron chi connectivity index (χ4n) is 2.56. The van der Waals surface area contributed by atoms with Crippen molar-refractivity contribution in [3.63, 3.8) is 0 Å². The highest BCUT2D eigenvalue weighted by Gasteiger charge is 2.28. The summed E-state index contributed by atoms with van der Waals surface area (Å²) in [4.78, 5) is 5.68. The van der Waals surface area contributed by atoms with E-state index in [2.05, 4.69) is 21.5 Å². The molecule has 2 atom stereocenters. The number of nitrogens with zero attached hydrogens (tertiary/aromatic N) is 2. The topological polar surface area (TPSA) is 60.2 Å². The summed E-state index contributed by atoms with van der Waals surface area (Å²) in [7, 11) is 0. The molecule has 6 heteroatoms. The third kappa shape index (κ3) is 2.19. The molecule has 0 saturated carbocycles. The molecule has 0 radical (unpaired) electrons. The molecular weight excluding hydrogens is 274 g/mol. The van der Waals surface area contributed by atoms with Gasteiger partial charge in [0.05, 0.1) is 6.04 Å². The van der Waals surface area contributed by atoms with Gasteiger partial charge in [0.15, 0.2) is 6.10 Å². The standard InChI is InChI=1S/C14H15N3O2S/c1-2-6-12-10(5-1)18-11(8-20-12)13-16-14(19-17-13)9-4-3-7-15-9/h1-2,5-6,9,11,15H,3-4,7-8H2/t9-,11?/m0/s1. The minimum atomic E-state index is -0.131. The minimum Gasteiger partial charge on any atom is -0.480 e. The number of hydrogen-bond donors (Lipinski definition) is 1. The summed E-state index contributed by atoms with van der Waals surface area (Å²) in [6, 6.07) is 8.26. The van der Waals surface area contributed by atoms with Gasteiger partial charge in [0, 0.05) is 10.6 Å². The van der Waals surface area contributed by atoms with Gasteiger partial charge in [0.2, 0.25) is 11.7 Å². The second kappa shape index (κ2) is 5.10. The number of fused-ring (bicyclic) bond motifs is 1. The van der Waals surface area contributed by atoms with Crippen LogP contribution in [0.25, 0.3) is 0 Å². The highest BCUT2D eigenvalue weighted by molar-refractivity contribution is 7.99. The molecule has 1 aromatic carbocycles. The van der Waals surface area contributed by atoms with Gasteiger partial charge in [0.25, 0.3) is 0 Å². The van der Waals surface area contributed by atoms with Crippen molar-refractivity contribution in [2.45, 2.75) is 29.9 Å². The van der Waals surface area contributed by atoms with Crippen LogP contribution < -0.4 is 10.1 Å². The zero-order chi connectivity index (χ0) is 13.4. The molecule has 1 saturated heterocycles. The Morgan fingerprint density at radius 1 is 1.30 bits per heavy atom. The first-order valence-corrected chi connectivity index (χ1v) is 7.84. The van der Waals surface area contributed by atoms with Crippen molar-refractivity contribution in [3.8, 4) is 5.75 Å². The molecule has 3 heterocycles. The van der Waals surface area contributed by atoms with Crippen LogP contribution in [0.4, 0.5) is 0 Å². The quantitative estimate of drug-likeness (QED) is 0.917. The van der Waals surface area contributed by atoms with Gasteiger partial charge in [-0.1, -0.05) is 17.3 Å². The van der Waals surface area contributed by atoms with Crippen molar-refractivity contribution >= 4 is 11.8 Å². The maximum absolute atomic E-state index is 5.97. The fraction of sp³-hybridized carbons (Fsp3) is 0.429.